The van der Waals surface area contributed by atoms with Gasteiger partial charge >= 0.3 is 0 Å². The molecule has 0 aromatic carbocycles. The maximum absolute atomic E-state index is 10.4. The van der Waals surface area contributed by atoms with Crippen LogP contribution < -0.4 is 0 Å². The van der Waals surface area contributed by atoms with Crippen molar-refractivity contribution in [2.24, 2.45) is 0 Å². The van der Waals surface area contributed by atoms with Crippen LogP contribution in [0.4, 0.5) is 0 Å². The van der Waals surface area contributed by atoms with Crippen LogP contribution in [-0.4, -0.2) is 36.3 Å². The first kappa shape index (κ1) is 12.3. The van der Waals surface area contributed by atoms with Crippen LogP contribution in [0.5, 0.6) is 0 Å². The summed E-state index contributed by atoms with van der Waals surface area (Å²) in [6.45, 7) is 1.43. The van der Waals surface area contributed by atoms with Crippen LogP contribution in [0.1, 0.15) is 19.3 Å². The van der Waals surface area contributed by atoms with Gasteiger partial charge in [-0.05, 0) is 30.9 Å². The van der Waals surface area contributed by atoms with Crippen molar-refractivity contribution in [3.8, 4) is 0 Å². The molecule has 1 heterocycles. The minimum atomic E-state index is -0.302. The maximum atomic E-state index is 10.4. The number of thioether (sulfide) groups is 1. The number of carbonyl (C=O) groups is 1. The second kappa shape index (κ2) is 7.51. The molecule has 0 amide bonds. The van der Waals surface area contributed by atoms with Gasteiger partial charge in [0.2, 0.25) is 5.24 Å². The predicted molar refractivity (Wildman–Crippen MR) is 57.7 cm³/mol. The molecular weight excluding hydrogens is 224 g/mol. The highest BCUT2D eigenvalue weighted by molar-refractivity contribution is 8.00. The molecule has 0 aliphatic carbocycles. The van der Waals surface area contributed by atoms with Gasteiger partial charge < -0.3 is 9.47 Å². The highest BCUT2D eigenvalue weighted by Gasteiger charge is 2.13. The molecule has 0 radical (unpaired) electrons. The first-order valence-corrected chi connectivity index (χ1v) is 6.31. The number of hydrogen-bond donors (Lipinski definition) is 0. The lowest BCUT2D eigenvalue weighted by Crippen LogP contribution is -2.23. The molecule has 1 aliphatic rings. The molecule has 0 bridgehead atoms. The van der Waals surface area contributed by atoms with Gasteiger partial charge in [-0.1, -0.05) is 0 Å². The molecule has 0 saturated carbocycles. The lowest BCUT2D eigenvalue weighted by atomic mass is 10.2. The Morgan fingerprint density at radius 1 is 1.57 bits per heavy atom. The van der Waals surface area contributed by atoms with Crippen LogP contribution in [0.2, 0.25) is 0 Å². The van der Waals surface area contributed by atoms with Gasteiger partial charge in [0.15, 0.2) is 6.29 Å². The standard InChI is InChI=1S/C9H15ClO3S/c10-8(11)7-14-6-5-13-9-3-1-2-4-12-9/h9H,1-7H2. The van der Waals surface area contributed by atoms with Gasteiger partial charge in [-0.3, -0.25) is 4.79 Å². The van der Waals surface area contributed by atoms with E-state index in [2.05, 4.69) is 0 Å². The molecule has 3 nitrogen and oxygen atoms in total. The molecule has 0 aromatic rings. The molecule has 1 saturated heterocycles. The van der Waals surface area contributed by atoms with Gasteiger partial charge in [0.05, 0.1) is 12.4 Å². The number of rotatable bonds is 6. The van der Waals surface area contributed by atoms with Crippen LogP contribution >= 0.6 is 23.4 Å². The van der Waals surface area contributed by atoms with E-state index < -0.39 is 0 Å². The second-order valence-corrected chi connectivity index (χ2v) is 4.60. The molecular formula is C9H15ClO3S. The summed E-state index contributed by atoms with van der Waals surface area (Å²) in [7, 11) is 0. The summed E-state index contributed by atoms with van der Waals surface area (Å²) < 4.78 is 10.8. The minimum Gasteiger partial charge on any atom is -0.353 e. The molecule has 82 valence electrons. The first-order valence-electron chi connectivity index (χ1n) is 4.78. The van der Waals surface area contributed by atoms with Crippen LogP contribution in [0, 0.1) is 0 Å². The number of hydrogen-bond acceptors (Lipinski definition) is 4. The Labute approximate surface area is 93.5 Å². The van der Waals surface area contributed by atoms with Crippen molar-refractivity contribution < 1.29 is 14.3 Å². The highest BCUT2D eigenvalue weighted by Crippen LogP contribution is 2.14. The van der Waals surface area contributed by atoms with Crippen LogP contribution in [0.3, 0.4) is 0 Å². The number of halogens is 1. The Kier molecular flexibility index (Phi) is 6.60. The fourth-order valence-electron chi connectivity index (χ4n) is 1.23. The molecule has 1 atom stereocenters. The van der Waals surface area contributed by atoms with Crippen molar-refractivity contribution >= 4 is 28.6 Å². The number of ether oxygens (including phenoxy) is 2. The fourth-order valence-corrected chi connectivity index (χ4v) is 1.98. The van der Waals surface area contributed by atoms with Crippen molar-refractivity contribution in [1.82, 2.24) is 0 Å². The summed E-state index contributed by atoms with van der Waals surface area (Å²) in [6, 6.07) is 0. The van der Waals surface area contributed by atoms with Crippen molar-refractivity contribution in [3.63, 3.8) is 0 Å². The predicted octanol–water partition coefficient (Wildman–Crippen LogP) is 2.03. The average Bonchev–Trinajstić information content (AvgIpc) is 2.18. The Morgan fingerprint density at radius 3 is 3.07 bits per heavy atom. The van der Waals surface area contributed by atoms with E-state index in [-0.39, 0.29) is 11.5 Å². The van der Waals surface area contributed by atoms with Crippen LogP contribution in [0.25, 0.3) is 0 Å². The topological polar surface area (TPSA) is 35.5 Å². The normalized spacial score (nSPS) is 22.2. The monoisotopic (exact) mass is 238 g/mol. The zero-order chi connectivity index (χ0) is 10.2. The summed E-state index contributed by atoms with van der Waals surface area (Å²) in [6.07, 6.45) is 3.27. The Hall–Kier alpha value is 0.230. The second-order valence-electron chi connectivity index (χ2n) is 3.07. The van der Waals surface area contributed by atoms with Crippen molar-refractivity contribution in [1.29, 1.82) is 0 Å². The summed E-state index contributed by atoms with van der Waals surface area (Å²) in [4.78, 5) is 10.4. The van der Waals surface area contributed by atoms with Crippen LogP contribution in [0.15, 0.2) is 0 Å². The Bertz CT molecular complexity index is 171. The average molecular weight is 239 g/mol. The lowest BCUT2D eigenvalue weighted by molar-refractivity contribution is -0.158. The lowest BCUT2D eigenvalue weighted by Gasteiger charge is -2.22. The van der Waals surface area contributed by atoms with E-state index in [1.807, 2.05) is 0 Å². The zero-order valence-corrected chi connectivity index (χ0v) is 9.61. The maximum Gasteiger partial charge on any atom is 0.231 e. The van der Waals surface area contributed by atoms with E-state index in [9.17, 15) is 4.79 Å². The molecule has 0 aromatic heterocycles. The molecule has 0 N–H and O–H groups in total. The quantitative estimate of drug-likeness (QED) is 0.524. The first-order chi connectivity index (χ1) is 6.79. The largest absolute Gasteiger partial charge is 0.353 e. The van der Waals surface area contributed by atoms with Crippen molar-refractivity contribution in [2.75, 3.05) is 24.7 Å². The molecule has 1 fully saturated rings. The van der Waals surface area contributed by atoms with Crippen molar-refractivity contribution in [3.05, 3.63) is 0 Å². The molecule has 0 spiro atoms. The molecule has 1 aliphatic heterocycles. The number of carbonyl (C=O) groups excluding carboxylic acids is 1. The third-order valence-corrected chi connectivity index (χ3v) is 3.10. The van der Waals surface area contributed by atoms with E-state index in [1.54, 1.807) is 0 Å². The zero-order valence-electron chi connectivity index (χ0n) is 8.04. The van der Waals surface area contributed by atoms with E-state index in [0.717, 1.165) is 25.2 Å². The Morgan fingerprint density at radius 2 is 2.43 bits per heavy atom. The van der Waals surface area contributed by atoms with Gasteiger partial charge in [-0.2, -0.15) is 11.8 Å². The van der Waals surface area contributed by atoms with Gasteiger partial charge in [0.25, 0.3) is 0 Å². The molecule has 1 unspecified atom stereocenters. The van der Waals surface area contributed by atoms with Gasteiger partial charge in [-0.15, -0.1) is 0 Å². The van der Waals surface area contributed by atoms with E-state index in [4.69, 9.17) is 21.1 Å². The van der Waals surface area contributed by atoms with E-state index in [0.29, 0.717) is 12.4 Å². The third-order valence-electron chi connectivity index (χ3n) is 1.88. The van der Waals surface area contributed by atoms with E-state index in [1.165, 1.54) is 18.2 Å². The summed E-state index contributed by atoms with van der Waals surface area (Å²) >= 11 is 6.67. The minimum absolute atomic E-state index is 0.0314. The van der Waals surface area contributed by atoms with Gasteiger partial charge in [0, 0.05) is 12.4 Å². The molecule has 1 rings (SSSR count). The summed E-state index contributed by atoms with van der Waals surface area (Å²) in [5, 5.41) is -0.302. The van der Waals surface area contributed by atoms with Gasteiger partial charge in [-0.25, -0.2) is 0 Å². The van der Waals surface area contributed by atoms with Crippen LogP contribution in [-0.2, 0) is 14.3 Å². The van der Waals surface area contributed by atoms with E-state index >= 15 is 0 Å². The SMILES string of the molecule is O=C(Cl)CSCCOC1CCCCO1. The van der Waals surface area contributed by atoms with Crippen molar-refractivity contribution in [2.45, 2.75) is 25.6 Å². The van der Waals surface area contributed by atoms with Gasteiger partial charge in [0.1, 0.15) is 0 Å². The summed E-state index contributed by atoms with van der Waals surface area (Å²) in [5.41, 5.74) is 0. The summed E-state index contributed by atoms with van der Waals surface area (Å²) in [5.74, 6) is 1.15. The Balaban J connectivity index is 1.90. The fraction of sp³-hybridized carbons (Fsp3) is 0.889. The third kappa shape index (κ3) is 5.86. The molecule has 5 heteroatoms. The smallest absolute Gasteiger partial charge is 0.231 e. The molecule has 14 heavy (non-hydrogen) atoms. The highest BCUT2D eigenvalue weighted by atomic mass is 35.5.